The zero-order valence-electron chi connectivity index (χ0n) is 21.1. The van der Waals surface area contributed by atoms with Crippen molar-refractivity contribution in [1.29, 1.82) is 0 Å². The lowest BCUT2D eigenvalue weighted by atomic mass is 9.49. The molecule has 1 N–H and O–H groups in total. The quantitative estimate of drug-likeness (QED) is 0.451. The molecule has 4 aliphatic rings. The van der Waals surface area contributed by atoms with Gasteiger partial charge in [0.2, 0.25) is 0 Å². The molecule has 0 aromatic rings. The van der Waals surface area contributed by atoms with Crippen molar-refractivity contribution in [1.82, 2.24) is 0 Å². The van der Waals surface area contributed by atoms with Crippen LogP contribution in [0.5, 0.6) is 0 Å². The normalized spacial score (nSPS) is 45.7. The summed E-state index contributed by atoms with van der Waals surface area (Å²) in [5.74, 6) is 5.52. The van der Waals surface area contributed by atoms with E-state index in [2.05, 4.69) is 48.5 Å². The van der Waals surface area contributed by atoms with E-state index in [4.69, 9.17) is 0 Å². The fourth-order valence-electron chi connectivity index (χ4n) is 8.94. The van der Waals surface area contributed by atoms with E-state index in [0.29, 0.717) is 22.7 Å². The zero-order chi connectivity index (χ0) is 21.8. The van der Waals surface area contributed by atoms with E-state index in [1.54, 1.807) is 0 Å². The maximum absolute atomic E-state index is 10.5. The van der Waals surface area contributed by atoms with Gasteiger partial charge >= 0.3 is 0 Å². The van der Waals surface area contributed by atoms with Gasteiger partial charge in [-0.15, -0.1) is 0 Å². The first-order chi connectivity index (χ1) is 14.1. The monoisotopic (exact) mass is 414 g/mol. The van der Waals surface area contributed by atoms with Crippen molar-refractivity contribution in [3.8, 4) is 0 Å². The summed E-state index contributed by atoms with van der Waals surface area (Å²) in [6.07, 6.45) is 13.3. The van der Waals surface area contributed by atoms with Gasteiger partial charge in [0.1, 0.15) is 0 Å². The highest BCUT2D eigenvalue weighted by Crippen LogP contribution is 2.66. The Morgan fingerprint density at radius 3 is 2.37 bits per heavy atom. The van der Waals surface area contributed by atoms with Gasteiger partial charge in [0.15, 0.2) is 0 Å². The van der Waals surface area contributed by atoms with Gasteiger partial charge in [0, 0.05) is 0 Å². The molecule has 0 aliphatic heterocycles. The fourth-order valence-corrected chi connectivity index (χ4v) is 8.94. The molecule has 4 aliphatic carbocycles. The van der Waals surface area contributed by atoms with Crippen LogP contribution in [0, 0.1) is 52.3 Å². The first-order valence-electron chi connectivity index (χ1n) is 13.5. The molecule has 0 aromatic carbocycles. The van der Waals surface area contributed by atoms with Gasteiger partial charge in [0.05, 0.1) is 6.10 Å². The molecule has 0 radical (unpaired) electrons. The van der Waals surface area contributed by atoms with E-state index < -0.39 is 0 Å². The van der Waals surface area contributed by atoms with E-state index in [1.807, 2.05) is 11.1 Å². The lowest BCUT2D eigenvalue weighted by molar-refractivity contribution is -0.0336. The minimum Gasteiger partial charge on any atom is -0.393 e. The average Bonchev–Trinajstić information content (AvgIpc) is 3.06. The second-order valence-electron chi connectivity index (χ2n) is 13.0. The third kappa shape index (κ3) is 3.54. The molecule has 0 spiro atoms. The number of aliphatic hydroxyl groups is 1. The Morgan fingerprint density at radius 1 is 0.933 bits per heavy atom. The first-order valence-corrected chi connectivity index (χ1v) is 13.5. The maximum atomic E-state index is 10.5. The molecule has 0 amide bonds. The summed E-state index contributed by atoms with van der Waals surface area (Å²) in [6.45, 7) is 17.4. The highest BCUT2D eigenvalue weighted by atomic mass is 16.3. The van der Waals surface area contributed by atoms with Crippen molar-refractivity contribution >= 4 is 0 Å². The second-order valence-corrected chi connectivity index (χ2v) is 13.0. The summed E-state index contributed by atoms with van der Waals surface area (Å²) < 4.78 is 0. The molecular formula is C29H50O. The highest BCUT2D eigenvalue weighted by Gasteiger charge is 2.56. The van der Waals surface area contributed by atoms with Gasteiger partial charge < -0.3 is 5.11 Å². The van der Waals surface area contributed by atoms with E-state index in [1.165, 1.54) is 57.8 Å². The molecule has 172 valence electrons. The van der Waals surface area contributed by atoms with Crippen LogP contribution >= 0.6 is 0 Å². The van der Waals surface area contributed by atoms with Gasteiger partial charge in [-0.05, 0) is 104 Å². The lowest BCUT2D eigenvalue weighted by Crippen LogP contribution is -2.49. The smallest absolute Gasteiger partial charge is 0.0569 e. The predicted molar refractivity (Wildman–Crippen MR) is 128 cm³/mol. The molecule has 4 rings (SSSR count). The zero-order valence-corrected chi connectivity index (χ0v) is 21.1. The number of rotatable bonds is 5. The van der Waals surface area contributed by atoms with Crippen LogP contribution in [0.4, 0.5) is 0 Å². The van der Waals surface area contributed by atoms with Crippen LogP contribution in [0.1, 0.15) is 113 Å². The van der Waals surface area contributed by atoms with Gasteiger partial charge in [-0.25, -0.2) is 0 Å². The van der Waals surface area contributed by atoms with Gasteiger partial charge in [0.25, 0.3) is 0 Å². The highest BCUT2D eigenvalue weighted by molar-refractivity contribution is 5.34. The Kier molecular flexibility index (Phi) is 6.28. The van der Waals surface area contributed by atoms with E-state index in [9.17, 15) is 5.11 Å². The van der Waals surface area contributed by atoms with Crippen LogP contribution in [0.3, 0.4) is 0 Å². The van der Waals surface area contributed by atoms with Crippen LogP contribution < -0.4 is 0 Å². The summed E-state index contributed by atoms with van der Waals surface area (Å²) in [5.41, 5.74) is 4.71. The van der Waals surface area contributed by atoms with Gasteiger partial charge in [-0.3, -0.25) is 0 Å². The Balaban J connectivity index is 1.54. The molecule has 2 fully saturated rings. The molecule has 1 heteroatoms. The SMILES string of the molecule is CC(C)[C@H](C)CC[C@@H](C)[C@H]1CC[C@@H]2C3=C(CC[C@@]21C)[C@@]1(C)CC[C@H](O)[C@@H](C)[C@@H]1CC3. The van der Waals surface area contributed by atoms with Crippen LogP contribution in [-0.2, 0) is 0 Å². The second kappa shape index (κ2) is 8.24. The molecule has 9 atom stereocenters. The minimum atomic E-state index is -0.0657. The molecule has 1 nitrogen and oxygen atoms in total. The third-order valence-electron chi connectivity index (χ3n) is 11.5. The molecular weight excluding hydrogens is 364 g/mol. The van der Waals surface area contributed by atoms with Crippen molar-refractivity contribution < 1.29 is 5.11 Å². The van der Waals surface area contributed by atoms with Crippen LogP contribution in [0.2, 0.25) is 0 Å². The molecule has 30 heavy (non-hydrogen) atoms. The average molecular weight is 415 g/mol. The van der Waals surface area contributed by atoms with E-state index >= 15 is 0 Å². The molecule has 2 saturated carbocycles. The molecule has 0 unspecified atom stereocenters. The van der Waals surface area contributed by atoms with Crippen LogP contribution in [0.25, 0.3) is 0 Å². The topological polar surface area (TPSA) is 20.2 Å². The predicted octanol–water partition coefficient (Wildman–Crippen LogP) is 8.02. The van der Waals surface area contributed by atoms with Crippen molar-refractivity contribution in [3.05, 3.63) is 11.1 Å². The van der Waals surface area contributed by atoms with Crippen molar-refractivity contribution in [2.75, 3.05) is 0 Å². The summed E-state index contributed by atoms with van der Waals surface area (Å²) in [6, 6.07) is 0. The molecule has 0 heterocycles. The van der Waals surface area contributed by atoms with Crippen molar-refractivity contribution in [2.45, 2.75) is 119 Å². The molecule has 0 bridgehead atoms. The Morgan fingerprint density at radius 2 is 1.67 bits per heavy atom. The van der Waals surface area contributed by atoms with Gasteiger partial charge in [-0.1, -0.05) is 72.5 Å². The van der Waals surface area contributed by atoms with Crippen LogP contribution in [0.15, 0.2) is 11.1 Å². The van der Waals surface area contributed by atoms with Crippen LogP contribution in [-0.4, -0.2) is 11.2 Å². The Labute approximate surface area is 187 Å². The Bertz CT molecular complexity index is 661. The van der Waals surface area contributed by atoms with Crippen molar-refractivity contribution in [2.24, 2.45) is 52.3 Å². The van der Waals surface area contributed by atoms with E-state index in [-0.39, 0.29) is 6.10 Å². The molecule has 0 saturated heterocycles. The summed E-state index contributed by atoms with van der Waals surface area (Å²) in [4.78, 5) is 0. The third-order valence-corrected chi connectivity index (χ3v) is 11.5. The number of hydrogen-bond acceptors (Lipinski definition) is 1. The van der Waals surface area contributed by atoms with E-state index in [0.717, 1.165) is 36.0 Å². The number of fused-ring (bicyclic) bond motifs is 4. The Hall–Kier alpha value is -0.300. The number of hydrogen-bond donors (Lipinski definition) is 1. The van der Waals surface area contributed by atoms with Gasteiger partial charge in [-0.2, -0.15) is 0 Å². The minimum absolute atomic E-state index is 0.0657. The fraction of sp³-hybridized carbons (Fsp3) is 0.931. The summed E-state index contributed by atoms with van der Waals surface area (Å²) >= 11 is 0. The maximum Gasteiger partial charge on any atom is 0.0569 e. The summed E-state index contributed by atoms with van der Waals surface area (Å²) in [5, 5.41) is 10.5. The standard InChI is InChI=1S/C29H50O/c1-18(2)19(3)8-9-20(4)23-12-13-25-22-10-11-24-21(5)27(30)15-17-29(24,7)26(22)14-16-28(23,25)6/h18-21,23-25,27,30H,8-17H2,1-7H3/t19-,20-,21+,23-,24+,25-,27+,28-,29+/m1/s1. The number of aliphatic hydroxyl groups excluding tert-OH is 1. The summed E-state index contributed by atoms with van der Waals surface area (Å²) in [7, 11) is 0. The lowest BCUT2D eigenvalue weighted by Gasteiger charge is -2.56. The molecule has 0 aromatic heterocycles. The largest absolute Gasteiger partial charge is 0.393 e. The van der Waals surface area contributed by atoms with Crippen molar-refractivity contribution in [3.63, 3.8) is 0 Å². The first kappa shape index (κ1) is 22.9. The number of allylic oxidation sites excluding steroid dienone is 2.